The molecule has 0 spiro atoms. The van der Waals surface area contributed by atoms with Gasteiger partial charge in [0.05, 0.1) is 30.0 Å². The first kappa shape index (κ1) is 29.5. The Morgan fingerprint density at radius 1 is 1.18 bits per heavy atom. The van der Waals surface area contributed by atoms with E-state index in [2.05, 4.69) is 10.1 Å². The molecule has 1 saturated heterocycles. The van der Waals surface area contributed by atoms with Gasteiger partial charge in [-0.2, -0.15) is 0 Å². The SMILES string of the molecule is COc1c(N2CCCC(N(C)CCn3c(O)c(N=O)c4cc(F)ccc43)C2)c(F)cc2c(=O)c(CC(=O)O)cn(C3CC3)c12. The minimum Gasteiger partial charge on any atom is -0.493 e. The van der Waals surface area contributed by atoms with E-state index >= 15 is 4.39 Å². The fourth-order valence-corrected chi connectivity index (χ4v) is 6.49. The number of aromatic hydroxyl groups is 1. The van der Waals surface area contributed by atoms with Crippen molar-refractivity contribution in [3.05, 3.63) is 62.8 Å². The molecule has 0 radical (unpaired) electrons. The molecule has 44 heavy (non-hydrogen) atoms. The largest absolute Gasteiger partial charge is 0.493 e. The summed E-state index contributed by atoms with van der Waals surface area (Å²) in [5.74, 6) is -2.36. The molecule has 6 rings (SSSR count). The van der Waals surface area contributed by atoms with E-state index in [4.69, 9.17) is 4.74 Å². The Hall–Kier alpha value is -4.52. The molecular formula is C31H33F2N5O6. The molecule has 0 amide bonds. The van der Waals surface area contributed by atoms with E-state index in [1.165, 1.54) is 35.9 Å². The number of piperidine rings is 1. The van der Waals surface area contributed by atoms with Gasteiger partial charge in [-0.15, -0.1) is 4.91 Å². The first-order chi connectivity index (χ1) is 21.1. The third kappa shape index (κ3) is 5.14. The van der Waals surface area contributed by atoms with Gasteiger partial charge in [-0.05, 0) is 62.2 Å². The van der Waals surface area contributed by atoms with Gasteiger partial charge in [0.1, 0.15) is 11.5 Å². The number of hydrogen-bond acceptors (Lipinski definition) is 8. The molecule has 11 nitrogen and oxygen atoms in total. The van der Waals surface area contributed by atoms with Crippen molar-refractivity contribution in [3.8, 4) is 11.6 Å². The number of carboxylic acids is 1. The van der Waals surface area contributed by atoms with Crippen LogP contribution < -0.4 is 15.1 Å². The molecule has 3 heterocycles. The van der Waals surface area contributed by atoms with Gasteiger partial charge in [-0.25, -0.2) is 8.78 Å². The number of aliphatic carboxylic acids is 1. The van der Waals surface area contributed by atoms with Crippen molar-refractivity contribution in [2.45, 2.75) is 50.7 Å². The molecule has 1 atom stereocenters. The summed E-state index contributed by atoms with van der Waals surface area (Å²) < 4.78 is 39.0. The van der Waals surface area contributed by atoms with Crippen LogP contribution in [0.1, 0.15) is 37.3 Å². The summed E-state index contributed by atoms with van der Waals surface area (Å²) in [6.45, 7) is 1.80. The number of aromatic nitrogens is 2. The van der Waals surface area contributed by atoms with Crippen LogP contribution in [-0.2, 0) is 17.8 Å². The number of methoxy groups -OCH3 is 1. The Kier molecular flexibility index (Phi) is 7.74. The van der Waals surface area contributed by atoms with Gasteiger partial charge in [0, 0.05) is 55.4 Å². The van der Waals surface area contributed by atoms with E-state index in [0.717, 1.165) is 25.7 Å². The predicted octanol–water partition coefficient (Wildman–Crippen LogP) is 4.91. The molecule has 2 aliphatic rings. The van der Waals surface area contributed by atoms with Crippen molar-refractivity contribution in [1.82, 2.24) is 14.0 Å². The van der Waals surface area contributed by atoms with E-state index in [-0.39, 0.29) is 51.4 Å². The van der Waals surface area contributed by atoms with Crippen molar-refractivity contribution in [2.75, 3.05) is 38.7 Å². The van der Waals surface area contributed by atoms with E-state index in [0.29, 0.717) is 37.2 Å². The van der Waals surface area contributed by atoms with Crippen LogP contribution >= 0.6 is 0 Å². The summed E-state index contributed by atoms with van der Waals surface area (Å²) in [6, 6.07) is 5.21. The van der Waals surface area contributed by atoms with Crippen molar-refractivity contribution in [1.29, 1.82) is 0 Å². The van der Waals surface area contributed by atoms with Gasteiger partial charge < -0.3 is 29.0 Å². The molecule has 2 N–H and O–H groups in total. The molecule has 2 aromatic heterocycles. The third-order valence-corrected chi connectivity index (χ3v) is 8.83. The zero-order valence-electron chi connectivity index (χ0n) is 24.4. The number of carbonyl (C=O) groups is 1. The summed E-state index contributed by atoms with van der Waals surface area (Å²) in [6.07, 6.45) is 4.45. The fraction of sp³-hybridized carbons (Fsp3) is 0.419. The molecule has 13 heteroatoms. The minimum absolute atomic E-state index is 0.00259. The molecule has 1 unspecified atom stereocenters. The number of pyridine rings is 1. The van der Waals surface area contributed by atoms with E-state index < -0.39 is 29.5 Å². The highest BCUT2D eigenvalue weighted by Gasteiger charge is 2.33. The maximum absolute atomic E-state index is 15.9. The quantitative estimate of drug-likeness (QED) is 0.243. The first-order valence-electron chi connectivity index (χ1n) is 14.6. The van der Waals surface area contributed by atoms with Crippen LogP contribution in [0.4, 0.5) is 20.2 Å². The highest BCUT2D eigenvalue weighted by atomic mass is 19.1. The van der Waals surface area contributed by atoms with E-state index in [9.17, 15) is 29.1 Å². The van der Waals surface area contributed by atoms with E-state index in [1.807, 2.05) is 16.5 Å². The van der Waals surface area contributed by atoms with Gasteiger partial charge >= 0.3 is 5.97 Å². The number of anilines is 1. The predicted molar refractivity (Wildman–Crippen MR) is 161 cm³/mol. The molecule has 1 aliphatic carbocycles. The van der Waals surface area contributed by atoms with Crippen LogP contribution in [0, 0.1) is 16.5 Å². The van der Waals surface area contributed by atoms with Crippen LogP contribution in [0.25, 0.3) is 21.8 Å². The van der Waals surface area contributed by atoms with Crippen molar-refractivity contribution < 1.29 is 28.5 Å². The summed E-state index contributed by atoms with van der Waals surface area (Å²) in [7, 11) is 3.37. The Bertz CT molecular complexity index is 1850. The number of benzene rings is 2. The Balaban J connectivity index is 1.29. The second kappa shape index (κ2) is 11.5. The van der Waals surface area contributed by atoms with Crippen LogP contribution in [-0.4, -0.2) is 70.1 Å². The highest BCUT2D eigenvalue weighted by Crippen LogP contribution is 2.44. The summed E-state index contributed by atoms with van der Waals surface area (Å²) in [5, 5.41) is 23.2. The number of ether oxygens (including phenoxy) is 1. The van der Waals surface area contributed by atoms with E-state index in [1.54, 1.807) is 6.20 Å². The van der Waals surface area contributed by atoms with Crippen LogP contribution in [0.15, 0.2) is 40.4 Å². The van der Waals surface area contributed by atoms with Gasteiger partial charge in [-0.3, -0.25) is 14.5 Å². The highest BCUT2D eigenvalue weighted by molar-refractivity contribution is 5.95. The summed E-state index contributed by atoms with van der Waals surface area (Å²) >= 11 is 0. The van der Waals surface area contributed by atoms with Crippen molar-refractivity contribution in [2.24, 2.45) is 5.18 Å². The second-order valence-corrected chi connectivity index (χ2v) is 11.6. The van der Waals surface area contributed by atoms with Crippen molar-refractivity contribution >= 4 is 39.1 Å². The maximum Gasteiger partial charge on any atom is 0.308 e. The molecule has 232 valence electrons. The van der Waals surface area contributed by atoms with Gasteiger partial charge in [-0.1, -0.05) is 0 Å². The number of rotatable bonds is 10. The number of hydrogen-bond donors (Lipinski definition) is 2. The van der Waals surface area contributed by atoms with Crippen LogP contribution in [0.3, 0.4) is 0 Å². The second-order valence-electron chi connectivity index (χ2n) is 11.6. The Morgan fingerprint density at radius 3 is 2.64 bits per heavy atom. The number of nitrogens with zero attached hydrogens (tertiary/aromatic N) is 5. The summed E-state index contributed by atoms with van der Waals surface area (Å²) in [5.41, 5.74) is 0.602. The average Bonchev–Trinajstić information content (AvgIpc) is 3.81. The van der Waals surface area contributed by atoms with Gasteiger partial charge in [0.2, 0.25) is 5.88 Å². The maximum atomic E-state index is 15.9. The lowest BCUT2D eigenvalue weighted by atomic mass is 10.0. The minimum atomic E-state index is -1.13. The molecule has 2 fully saturated rings. The average molecular weight is 610 g/mol. The third-order valence-electron chi connectivity index (χ3n) is 8.83. The fourth-order valence-electron chi connectivity index (χ4n) is 6.49. The Morgan fingerprint density at radius 2 is 1.95 bits per heavy atom. The molecule has 4 aromatic rings. The normalized spacial score (nSPS) is 17.1. The molecule has 2 aromatic carbocycles. The zero-order valence-corrected chi connectivity index (χ0v) is 24.4. The molecule has 1 saturated carbocycles. The molecule has 1 aliphatic heterocycles. The lowest BCUT2D eigenvalue weighted by molar-refractivity contribution is -0.136. The van der Waals surface area contributed by atoms with Gasteiger partial charge in [0.25, 0.3) is 0 Å². The molecule has 0 bridgehead atoms. The lowest BCUT2D eigenvalue weighted by Crippen LogP contribution is -2.47. The smallest absolute Gasteiger partial charge is 0.308 e. The first-order valence-corrected chi connectivity index (χ1v) is 14.6. The van der Waals surface area contributed by atoms with Crippen LogP contribution in [0.5, 0.6) is 11.6 Å². The summed E-state index contributed by atoms with van der Waals surface area (Å²) in [4.78, 5) is 40.1. The topological polar surface area (TPSA) is 130 Å². The number of fused-ring (bicyclic) bond motifs is 2. The van der Waals surface area contributed by atoms with Crippen molar-refractivity contribution in [3.63, 3.8) is 0 Å². The molecular weight excluding hydrogens is 576 g/mol. The zero-order chi connectivity index (χ0) is 31.3. The lowest BCUT2D eigenvalue weighted by Gasteiger charge is -2.39. The monoisotopic (exact) mass is 609 g/mol. The number of nitroso groups, excluding NO2 is 1. The Labute approximate surface area is 250 Å². The van der Waals surface area contributed by atoms with Gasteiger partial charge in [0.15, 0.2) is 22.7 Å². The number of carboxylic acid groups (broad SMARTS) is 1. The number of halogens is 2. The standard InChI is InChI=1S/C31H33F2N5O6/c1-35(10-11-37-24-8-5-18(32)13-21(24)26(34-43)31(37)42)20-4-3-9-36(16-20)28-23(33)14-22-27(30(28)44-2)38(19-6-7-19)15-17(29(22)41)12-25(39)40/h5,8,13-15,19-20,42H,3-4,6-7,9-12,16H2,1-2H3,(H,39,40). The van der Waals surface area contributed by atoms with Crippen LogP contribution in [0.2, 0.25) is 0 Å². The number of likely N-dealkylation sites (N-methyl/N-ethyl adjacent to an activating group) is 1.